The summed E-state index contributed by atoms with van der Waals surface area (Å²) in [7, 11) is -1.09. The van der Waals surface area contributed by atoms with Crippen LogP contribution in [0.4, 0.5) is 0 Å². The van der Waals surface area contributed by atoms with Crippen molar-refractivity contribution in [1.29, 1.82) is 0 Å². The molecule has 2 nitrogen and oxygen atoms in total. The number of rotatable bonds is 6. The predicted molar refractivity (Wildman–Crippen MR) is 79.8 cm³/mol. The molecule has 0 saturated carbocycles. The number of hydrogen-bond donors (Lipinski definition) is 0. The summed E-state index contributed by atoms with van der Waals surface area (Å²) >= 11 is 0. The van der Waals surface area contributed by atoms with Gasteiger partial charge in [0.1, 0.15) is 8.24 Å². The maximum Gasteiger partial charge on any atom is 0.127 e. The lowest BCUT2D eigenvalue weighted by Gasteiger charge is -2.45. The fourth-order valence-electron chi connectivity index (χ4n) is 3.02. The number of nitrogens with zero attached hydrogens (tertiary/aromatic N) is 2. The number of hydrogen-bond acceptors (Lipinski definition) is 2. The summed E-state index contributed by atoms with van der Waals surface area (Å²) in [5, 5.41) is 0. The summed E-state index contributed by atoms with van der Waals surface area (Å²) in [6, 6.07) is 4.26. The van der Waals surface area contributed by atoms with Crippen LogP contribution in [0.1, 0.15) is 34.1 Å². The Hall–Kier alpha value is -0.283. The van der Waals surface area contributed by atoms with E-state index in [1.165, 1.54) is 44.3 Å². The van der Waals surface area contributed by atoms with E-state index in [1.54, 1.807) is 0 Å². The minimum atomic E-state index is -1.09. The van der Waals surface area contributed by atoms with Crippen molar-refractivity contribution in [3.8, 4) is 0 Å². The van der Waals surface area contributed by atoms with Crippen LogP contribution >= 0.6 is 0 Å². The molecule has 0 atom stereocenters. The van der Waals surface area contributed by atoms with Crippen LogP contribution in [0, 0.1) is 0 Å². The molecule has 0 aromatic carbocycles. The molecule has 0 amide bonds. The molecule has 0 aromatic rings. The number of allylic oxidation sites excluding steroid dienone is 1. The molecule has 0 spiro atoms. The second-order valence-electron chi connectivity index (χ2n) is 5.10. The summed E-state index contributed by atoms with van der Waals surface area (Å²) in [5.41, 5.74) is 0. The second-order valence-corrected chi connectivity index (χ2v) is 10.3. The first-order valence-electron chi connectivity index (χ1n) is 7.38. The first-order chi connectivity index (χ1) is 8.22. The molecule has 1 aliphatic rings. The van der Waals surface area contributed by atoms with Gasteiger partial charge in [-0.05, 0) is 30.8 Å². The van der Waals surface area contributed by atoms with Crippen LogP contribution in [0.15, 0.2) is 12.3 Å². The molecule has 0 unspecified atom stereocenters. The fraction of sp³-hybridized carbons (Fsp3) is 0.857. The summed E-state index contributed by atoms with van der Waals surface area (Å²) < 4.78 is 2.86. The van der Waals surface area contributed by atoms with Gasteiger partial charge in [-0.3, -0.25) is 0 Å². The van der Waals surface area contributed by atoms with Crippen LogP contribution < -0.4 is 0 Å². The SMILES string of the molecule is CCC=CN1CCN([Si](CC)(CC)CC)CC1. The van der Waals surface area contributed by atoms with E-state index >= 15 is 0 Å². The maximum atomic E-state index is 2.86. The Morgan fingerprint density at radius 2 is 1.41 bits per heavy atom. The second kappa shape index (κ2) is 7.22. The molecule has 0 N–H and O–H groups in total. The monoisotopic (exact) mass is 254 g/mol. The molecule has 1 aliphatic heterocycles. The minimum absolute atomic E-state index is 1.09. The minimum Gasteiger partial charge on any atom is -0.375 e. The molecule has 1 saturated heterocycles. The van der Waals surface area contributed by atoms with Crippen molar-refractivity contribution in [2.45, 2.75) is 52.2 Å². The third kappa shape index (κ3) is 3.59. The lowest BCUT2D eigenvalue weighted by Crippen LogP contribution is -2.58. The Morgan fingerprint density at radius 1 is 0.882 bits per heavy atom. The molecule has 1 heterocycles. The van der Waals surface area contributed by atoms with Gasteiger partial charge in [0.25, 0.3) is 0 Å². The van der Waals surface area contributed by atoms with Crippen LogP contribution in [0.3, 0.4) is 0 Å². The largest absolute Gasteiger partial charge is 0.375 e. The van der Waals surface area contributed by atoms with Gasteiger partial charge in [-0.1, -0.05) is 33.8 Å². The summed E-state index contributed by atoms with van der Waals surface area (Å²) in [4.78, 5) is 2.49. The van der Waals surface area contributed by atoms with Gasteiger partial charge in [0.2, 0.25) is 0 Å². The molecule has 1 rings (SSSR count). The van der Waals surface area contributed by atoms with Crippen molar-refractivity contribution in [2.75, 3.05) is 26.2 Å². The van der Waals surface area contributed by atoms with Crippen LogP contribution in [0.2, 0.25) is 18.1 Å². The van der Waals surface area contributed by atoms with Crippen LogP contribution in [-0.2, 0) is 0 Å². The highest BCUT2D eigenvalue weighted by atomic mass is 28.3. The first kappa shape index (κ1) is 14.8. The average Bonchev–Trinajstić information content (AvgIpc) is 2.40. The van der Waals surface area contributed by atoms with E-state index in [9.17, 15) is 0 Å². The summed E-state index contributed by atoms with van der Waals surface area (Å²) in [6.07, 6.45) is 5.72. The van der Waals surface area contributed by atoms with E-state index in [-0.39, 0.29) is 0 Å². The van der Waals surface area contributed by atoms with E-state index in [0.717, 1.165) is 6.42 Å². The molecule has 0 aromatic heterocycles. The molecule has 100 valence electrons. The predicted octanol–water partition coefficient (Wildman–Crippen LogP) is 3.53. The Balaban J connectivity index is 2.52. The van der Waals surface area contributed by atoms with Crippen molar-refractivity contribution in [3.63, 3.8) is 0 Å². The molecule has 1 fully saturated rings. The van der Waals surface area contributed by atoms with Crippen molar-refractivity contribution >= 4 is 8.24 Å². The van der Waals surface area contributed by atoms with E-state index in [4.69, 9.17) is 0 Å². The Morgan fingerprint density at radius 3 is 1.82 bits per heavy atom. The highest BCUT2D eigenvalue weighted by Crippen LogP contribution is 2.26. The summed E-state index contributed by atoms with van der Waals surface area (Å²) in [5.74, 6) is 0. The standard InChI is InChI=1S/C14H30N2Si/c1-5-9-10-15-11-13-16(14-12-15)17(6-2,7-3)8-4/h9-10H,5-8,11-14H2,1-4H3. The van der Waals surface area contributed by atoms with Gasteiger partial charge in [-0.2, -0.15) is 0 Å². The highest BCUT2D eigenvalue weighted by molar-refractivity contribution is 6.77. The van der Waals surface area contributed by atoms with Crippen molar-refractivity contribution in [3.05, 3.63) is 12.3 Å². The third-order valence-corrected chi connectivity index (χ3v) is 10.2. The van der Waals surface area contributed by atoms with E-state index in [1.807, 2.05) is 0 Å². The van der Waals surface area contributed by atoms with Crippen LogP contribution in [0.5, 0.6) is 0 Å². The zero-order valence-corrected chi connectivity index (χ0v) is 13.2. The van der Waals surface area contributed by atoms with Gasteiger partial charge < -0.3 is 9.47 Å². The average molecular weight is 254 g/mol. The van der Waals surface area contributed by atoms with Crippen molar-refractivity contribution in [2.24, 2.45) is 0 Å². The van der Waals surface area contributed by atoms with Gasteiger partial charge in [-0.25, -0.2) is 0 Å². The summed E-state index contributed by atoms with van der Waals surface area (Å²) in [6.45, 7) is 14.5. The van der Waals surface area contributed by atoms with Crippen LogP contribution in [0.25, 0.3) is 0 Å². The molecule has 3 heteroatoms. The van der Waals surface area contributed by atoms with Gasteiger partial charge in [0, 0.05) is 26.2 Å². The Labute approximate surface area is 109 Å². The normalized spacial score (nSPS) is 19.2. The van der Waals surface area contributed by atoms with Gasteiger partial charge in [0.05, 0.1) is 0 Å². The lowest BCUT2D eigenvalue weighted by molar-refractivity contribution is 0.236. The van der Waals surface area contributed by atoms with Crippen molar-refractivity contribution < 1.29 is 0 Å². The molecular formula is C14H30N2Si. The maximum absolute atomic E-state index is 2.86. The van der Waals surface area contributed by atoms with E-state index < -0.39 is 8.24 Å². The first-order valence-corrected chi connectivity index (χ1v) is 9.95. The van der Waals surface area contributed by atoms with Gasteiger partial charge in [-0.15, -0.1) is 0 Å². The molecule has 0 bridgehead atoms. The zero-order chi connectivity index (χ0) is 12.7. The fourth-order valence-corrected chi connectivity index (χ4v) is 7.01. The zero-order valence-electron chi connectivity index (χ0n) is 12.2. The molecule has 0 radical (unpaired) electrons. The molecule has 17 heavy (non-hydrogen) atoms. The quantitative estimate of drug-likeness (QED) is 0.669. The van der Waals surface area contributed by atoms with E-state index in [2.05, 4.69) is 49.4 Å². The third-order valence-electron chi connectivity index (χ3n) is 4.51. The highest BCUT2D eigenvalue weighted by Gasteiger charge is 2.35. The van der Waals surface area contributed by atoms with Gasteiger partial charge >= 0.3 is 0 Å². The Bertz CT molecular complexity index is 220. The Kier molecular flexibility index (Phi) is 6.27. The topological polar surface area (TPSA) is 6.48 Å². The van der Waals surface area contributed by atoms with Crippen LogP contribution in [-0.4, -0.2) is 43.9 Å². The van der Waals surface area contributed by atoms with Crippen molar-refractivity contribution in [1.82, 2.24) is 9.47 Å². The lowest BCUT2D eigenvalue weighted by atomic mass is 10.3. The molecular weight excluding hydrogens is 224 g/mol. The number of piperazine rings is 1. The molecule has 0 aliphatic carbocycles. The van der Waals surface area contributed by atoms with E-state index in [0.29, 0.717) is 0 Å². The van der Waals surface area contributed by atoms with Gasteiger partial charge in [0.15, 0.2) is 0 Å². The smallest absolute Gasteiger partial charge is 0.127 e.